The number of rotatable bonds is 8. The van der Waals surface area contributed by atoms with Crippen LogP contribution in [0.5, 0.6) is 5.75 Å². The first-order chi connectivity index (χ1) is 9.12. The van der Waals surface area contributed by atoms with Crippen LogP contribution < -0.4 is 10.1 Å². The summed E-state index contributed by atoms with van der Waals surface area (Å²) in [6, 6.07) is 7.00. The molecule has 0 aliphatic heterocycles. The quantitative estimate of drug-likeness (QED) is 0.746. The van der Waals surface area contributed by atoms with Gasteiger partial charge in [-0.25, -0.2) is 0 Å². The lowest BCUT2D eigenvalue weighted by molar-refractivity contribution is 0.398. The van der Waals surface area contributed by atoms with E-state index in [2.05, 4.69) is 51.2 Å². The topological polar surface area (TPSA) is 21.3 Å². The highest BCUT2D eigenvalue weighted by Gasteiger charge is 2.14. The molecular formula is C17H29NO. The number of ether oxygens (including phenoxy) is 1. The van der Waals surface area contributed by atoms with Crippen LogP contribution in [0.15, 0.2) is 18.2 Å². The Kier molecular flexibility index (Phi) is 6.93. The van der Waals surface area contributed by atoms with E-state index in [4.69, 9.17) is 4.74 Å². The van der Waals surface area contributed by atoms with E-state index >= 15 is 0 Å². The molecule has 0 aliphatic rings. The fraction of sp³-hybridized carbons (Fsp3) is 0.647. The summed E-state index contributed by atoms with van der Waals surface area (Å²) in [5, 5.41) is 3.67. The SMILES string of the molecule is CCCNC(CC(C)CC)c1ccc(OC)c(C)c1. The maximum atomic E-state index is 5.34. The fourth-order valence-electron chi connectivity index (χ4n) is 2.34. The highest BCUT2D eigenvalue weighted by atomic mass is 16.5. The Balaban J connectivity index is 2.86. The number of hydrogen-bond donors (Lipinski definition) is 1. The second kappa shape index (κ2) is 8.21. The van der Waals surface area contributed by atoms with Crippen molar-refractivity contribution in [3.05, 3.63) is 29.3 Å². The van der Waals surface area contributed by atoms with Gasteiger partial charge < -0.3 is 10.1 Å². The third-order valence-corrected chi connectivity index (χ3v) is 3.80. The molecule has 0 spiro atoms. The minimum absolute atomic E-state index is 0.458. The summed E-state index contributed by atoms with van der Waals surface area (Å²) in [5.74, 6) is 1.72. The zero-order chi connectivity index (χ0) is 14.3. The standard InChI is InChI=1S/C17H29NO/c1-6-10-18-16(11-13(3)7-2)15-8-9-17(19-5)14(4)12-15/h8-9,12-13,16,18H,6-7,10-11H2,1-5H3. The molecule has 0 saturated carbocycles. The van der Waals surface area contributed by atoms with Gasteiger partial charge in [-0.1, -0.05) is 39.3 Å². The van der Waals surface area contributed by atoms with Gasteiger partial charge >= 0.3 is 0 Å². The van der Waals surface area contributed by atoms with Gasteiger partial charge in [0.05, 0.1) is 7.11 Å². The Bertz CT molecular complexity index is 376. The first-order valence-corrected chi connectivity index (χ1v) is 7.50. The normalized spacial score (nSPS) is 14.2. The van der Waals surface area contributed by atoms with Crippen molar-refractivity contribution in [1.29, 1.82) is 0 Å². The van der Waals surface area contributed by atoms with Crippen molar-refractivity contribution >= 4 is 0 Å². The summed E-state index contributed by atoms with van der Waals surface area (Å²) in [6.07, 6.45) is 3.61. The van der Waals surface area contributed by atoms with Crippen LogP contribution >= 0.6 is 0 Å². The third kappa shape index (κ3) is 4.87. The van der Waals surface area contributed by atoms with Gasteiger partial charge in [-0.15, -0.1) is 0 Å². The molecule has 0 saturated heterocycles. The summed E-state index contributed by atoms with van der Waals surface area (Å²) in [5.41, 5.74) is 2.60. The predicted molar refractivity (Wildman–Crippen MR) is 82.8 cm³/mol. The average molecular weight is 263 g/mol. The molecule has 0 radical (unpaired) electrons. The van der Waals surface area contributed by atoms with Crippen molar-refractivity contribution in [2.45, 2.75) is 53.0 Å². The summed E-state index contributed by atoms with van der Waals surface area (Å²) >= 11 is 0. The number of methoxy groups -OCH3 is 1. The van der Waals surface area contributed by atoms with E-state index in [1.807, 2.05) is 0 Å². The third-order valence-electron chi connectivity index (χ3n) is 3.80. The lowest BCUT2D eigenvalue weighted by Crippen LogP contribution is -2.24. The Hall–Kier alpha value is -1.02. The van der Waals surface area contributed by atoms with Gasteiger partial charge in [-0.2, -0.15) is 0 Å². The van der Waals surface area contributed by atoms with E-state index in [1.54, 1.807) is 7.11 Å². The molecular weight excluding hydrogens is 234 g/mol. The van der Waals surface area contributed by atoms with Crippen LogP contribution in [0.1, 0.15) is 57.2 Å². The lowest BCUT2D eigenvalue weighted by atomic mass is 9.93. The van der Waals surface area contributed by atoms with Crippen LogP contribution in [0.25, 0.3) is 0 Å². The average Bonchev–Trinajstić information content (AvgIpc) is 2.43. The van der Waals surface area contributed by atoms with Crippen molar-refractivity contribution in [2.24, 2.45) is 5.92 Å². The molecule has 19 heavy (non-hydrogen) atoms. The second-order valence-corrected chi connectivity index (χ2v) is 5.48. The van der Waals surface area contributed by atoms with Crippen LogP contribution in [0.3, 0.4) is 0 Å². The first kappa shape index (κ1) is 16.0. The van der Waals surface area contributed by atoms with Crippen molar-refractivity contribution in [2.75, 3.05) is 13.7 Å². The molecule has 1 aromatic rings. The van der Waals surface area contributed by atoms with Gasteiger partial charge in [0.1, 0.15) is 5.75 Å². The van der Waals surface area contributed by atoms with Gasteiger partial charge in [0.2, 0.25) is 0 Å². The van der Waals surface area contributed by atoms with Gasteiger partial charge in [-0.3, -0.25) is 0 Å². The van der Waals surface area contributed by atoms with Gasteiger partial charge in [-0.05, 0) is 49.4 Å². The maximum absolute atomic E-state index is 5.34. The minimum atomic E-state index is 0.458. The van der Waals surface area contributed by atoms with Gasteiger partial charge in [0, 0.05) is 6.04 Å². The van der Waals surface area contributed by atoms with E-state index in [0.29, 0.717) is 6.04 Å². The molecule has 1 aromatic carbocycles. The van der Waals surface area contributed by atoms with Crippen LogP contribution in [-0.4, -0.2) is 13.7 Å². The minimum Gasteiger partial charge on any atom is -0.496 e. The lowest BCUT2D eigenvalue weighted by Gasteiger charge is -2.23. The van der Waals surface area contributed by atoms with Crippen LogP contribution in [0, 0.1) is 12.8 Å². The van der Waals surface area contributed by atoms with Crippen LogP contribution in [0.4, 0.5) is 0 Å². The van der Waals surface area contributed by atoms with E-state index < -0.39 is 0 Å². The molecule has 2 heteroatoms. The molecule has 2 nitrogen and oxygen atoms in total. The largest absolute Gasteiger partial charge is 0.496 e. The first-order valence-electron chi connectivity index (χ1n) is 7.50. The second-order valence-electron chi connectivity index (χ2n) is 5.48. The van der Waals surface area contributed by atoms with Crippen molar-refractivity contribution in [1.82, 2.24) is 5.32 Å². The van der Waals surface area contributed by atoms with Crippen molar-refractivity contribution in [3.8, 4) is 5.75 Å². The van der Waals surface area contributed by atoms with E-state index in [0.717, 1.165) is 18.2 Å². The molecule has 2 unspecified atom stereocenters. The highest BCUT2D eigenvalue weighted by molar-refractivity contribution is 5.37. The smallest absolute Gasteiger partial charge is 0.121 e. The molecule has 0 amide bonds. The van der Waals surface area contributed by atoms with Gasteiger partial charge in [0.25, 0.3) is 0 Å². The van der Waals surface area contributed by atoms with Crippen LogP contribution in [0.2, 0.25) is 0 Å². The summed E-state index contributed by atoms with van der Waals surface area (Å²) in [4.78, 5) is 0. The molecule has 0 heterocycles. The molecule has 0 bridgehead atoms. The summed E-state index contributed by atoms with van der Waals surface area (Å²) in [7, 11) is 1.73. The van der Waals surface area contributed by atoms with Crippen LogP contribution in [-0.2, 0) is 0 Å². The monoisotopic (exact) mass is 263 g/mol. The zero-order valence-corrected chi connectivity index (χ0v) is 13.1. The molecule has 0 aromatic heterocycles. The molecule has 0 aliphatic carbocycles. The van der Waals surface area contributed by atoms with E-state index in [-0.39, 0.29) is 0 Å². The fourth-order valence-corrected chi connectivity index (χ4v) is 2.34. The summed E-state index contributed by atoms with van der Waals surface area (Å²) < 4.78 is 5.34. The molecule has 0 fully saturated rings. The Morgan fingerprint density at radius 3 is 2.53 bits per heavy atom. The van der Waals surface area contributed by atoms with Crippen molar-refractivity contribution in [3.63, 3.8) is 0 Å². The number of benzene rings is 1. The highest BCUT2D eigenvalue weighted by Crippen LogP contribution is 2.27. The van der Waals surface area contributed by atoms with Gasteiger partial charge in [0.15, 0.2) is 0 Å². The Labute approximate surface area is 118 Å². The number of hydrogen-bond acceptors (Lipinski definition) is 2. The number of aryl methyl sites for hydroxylation is 1. The molecule has 1 N–H and O–H groups in total. The van der Waals surface area contributed by atoms with E-state index in [9.17, 15) is 0 Å². The predicted octanol–water partition coefficient (Wildman–Crippen LogP) is 4.48. The maximum Gasteiger partial charge on any atom is 0.121 e. The van der Waals surface area contributed by atoms with E-state index in [1.165, 1.54) is 30.4 Å². The Morgan fingerprint density at radius 1 is 1.26 bits per heavy atom. The summed E-state index contributed by atoms with van der Waals surface area (Å²) in [6.45, 7) is 10.00. The molecule has 1 rings (SSSR count). The Morgan fingerprint density at radius 2 is 2.00 bits per heavy atom. The van der Waals surface area contributed by atoms with Crippen molar-refractivity contribution < 1.29 is 4.74 Å². The molecule has 2 atom stereocenters. The number of nitrogens with one attached hydrogen (secondary N) is 1. The zero-order valence-electron chi connectivity index (χ0n) is 13.1. The molecule has 108 valence electrons.